The molecule has 5 heteroatoms. The van der Waals surface area contributed by atoms with Gasteiger partial charge in [0, 0.05) is 34.7 Å². The van der Waals surface area contributed by atoms with Crippen LogP contribution >= 0.6 is 22.6 Å². The highest BCUT2D eigenvalue weighted by molar-refractivity contribution is 14.1. The van der Waals surface area contributed by atoms with Gasteiger partial charge in [0.2, 0.25) is 5.95 Å². The van der Waals surface area contributed by atoms with Crippen LogP contribution in [0.5, 0.6) is 0 Å². The lowest BCUT2D eigenvalue weighted by Crippen LogP contribution is -2.41. The number of rotatable bonds is 2. The molecule has 2 heterocycles. The zero-order valence-electron chi connectivity index (χ0n) is 8.66. The van der Waals surface area contributed by atoms with Crippen molar-refractivity contribution < 1.29 is 4.74 Å². The van der Waals surface area contributed by atoms with Crippen molar-refractivity contribution in [3.05, 3.63) is 16.0 Å². The average Bonchev–Trinajstić information content (AvgIpc) is 2.22. The predicted molar refractivity (Wildman–Crippen MR) is 66.8 cm³/mol. The van der Waals surface area contributed by atoms with E-state index >= 15 is 0 Å². The molecule has 0 amide bonds. The summed E-state index contributed by atoms with van der Waals surface area (Å²) in [5, 5.41) is 3.38. The van der Waals surface area contributed by atoms with Crippen LogP contribution in [0.2, 0.25) is 0 Å². The number of anilines is 1. The Morgan fingerprint density at radius 2 is 1.93 bits per heavy atom. The van der Waals surface area contributed by atoms with Crippen LogP contribution in [0.4, 0.5) is 5.95 Å². The third-order valence-corrected chi connectivity index (χ3v) is 3.19. The quantitative estimate of drug-likeness (QED) is 0.848. The van der Waals surface area contributed by atoms with Gasteiger partial charge >= 0.3 is 0 Å². The SMILES string of the molecule is CC1(Nc2ncc(I)cn2)CCOCC1. The molecule has 0 saturated carbocycles. The van der Waals surface area contributed by atoms with Crippen LogP contribution in [0.1, 0.15) is 19.8 Å². The van der Waals surface area contributed by atoms with E-state index in [1.165, 1.54) is 0 Å². The minimum atomic E-state index is 0.0744. The summed E-state index contributed by atoms with van der Waals surface area (Å²) in [6.07, 6.45) is 5.64. The van der Waals surface area contributed by atoms with Crippen LogP contribution in [-0.4, -0.2) is 28.7 Å². The molecule has 4 nitrogen and oxygen atoms in total. The molecule has 1 aliphatic heterocycles. The van der Waals surface area contributed by atoms with Gasteiger partial charge in [-0.25, -0.2) is 9.97 Å². The Bertz CT molecular complexity index is 322. The van der Waals surface area contributed by atoms with Crippen molar-refractivity contribution in [3.8, 4) is 0 Å². The van der Waals surface area contributed by atoms with E-state index in [0.29, 0.717) is 5.95 Å². The van der Waals surface area contributed by atoms with Gasteiger partial charge in [0.1, 0.15) is 0 Å². The number of nitrogens with one attached hydrogen (secondary N) is 1. The first-order valence-corrected chi connectivity index (χ1v) is 6.09. The molecular formula is C10H14IN3O. The van der Waals surface area contributed by atoms with Crippen molar-refractivity contribution >= 4 is 28.5 Å². The largest absolute Gasteiger partial charge is 0.381 e. The Kier molecular flexibility index (Phi) is 3.40. The first-order chi connectivity index (χ1) is 7.18. The predicted octanol–water partition coefficient (Wildman–Crippen LogP) is 2.06. The van der Waals surface area contributed by atoms with Gasteiger partial charge in [-0.15, -0.1) is 0 Å². The van der Waals surface area contributed by atoms with Crippen LogP contribution in [-0.2, 0) is 4.74 Å². The van der Waals surface area contributed by atoms with E-state index in [1.807, 2.05) is 12.4 Å². The average molecular weight is 319 g/mol. The molecule has 0 atom stereocenters. The maximum atomic E-state index is 5.34. The molecule has 0 spiro atoms. The van der Waals surface area contributed by atoms with Crippen LogP contribution in [0.25, 0.3) is 0 Å². The van der Waals surface area contributed by atoms with Gasteiger partial charge in [0.15, 0.2) is 0 Å². The number of ether oxygens (including phenoxy) is 1. The van der Waals surface area contributed by atoms with Gasteiger partial charge in [-0.05, 0) is 42.4 Å². The third kappa shape index (κ3) is 3.01. The Balaban J connectivity index is 2.03. The van der Waals surface area contributed by atoms with Crippen LogP contribution < -0.4 is 5.32 Å². The molecular weight excluding hydrogens is 305 g/mol. The van der Waals surface area contributed by atoms with E-state index in [1.54, 1.807) is 0 Å². The van der Waals surface area contributed by atoms with E-state index < -0.39 is 0 Å². The summed E-state index contributed by atoms with van der Waals surface area (Å²) in [7, 11) is 0. The zero-order chi connectivity index (χ0) is 10.7. The van der Waals surface area contributed by atoms with Gasteiger partial charge in [0.05, 0.1) is 0 Å². The maximum Gasteiger partial charge on any atom is 0.223 e. The first kappa shape index (κ1) is 11.1. The van der Waals surface area contributed by atoms with Crippen molar-refractivity contribution in [1.29, 1.82) is 0 Å². The van der Waals surface area contributed by atoms with Crippen molar-refractivity contribution in [3.63, 3.8) is 0 Å². The lowest BCUT2D eigenvalue weighted by atomic mass is 9.93. The van der Waals surface area contributed by atoms with Gasteiger partial charge < -0.3 is 10.1 Å². The summed E-state index contributed by atoms with van der Waals surface area (Å²) in [5.41, 5.74) is 0.0744. The van der Waals surface area contributed by atoms with Crippen molar-refractivity contribution in [2.75, 3.05) is 18.5 Å². The van der Waals surface area contributed by atoms with E-state index in [4.69, 9.17) is 4.74 Å². The normalized spacial score (nSPS) is 19.9. The number of halogens is 1. The molecule has 1 saturated heterocycles. The molecule has 1 aromatic heterocycles. The number of aromatic nitrogens is 2. The summed E-state index contributed by atoms with van der Waals surface area (Å²) >= 11 is 2.20. The minimum absolute atomic E-state index is 0.0744. The molecule has 0 unspecified atom stereocenters. The molecule has 1 aromatic rings. The summed E-state index contributed by atoms with van der Waals surface area (Å²) in [6, 6.07) is 0. The van der Waals surface area contributed by atoms with Gasteiger partial charge in [-0.1, -0.05) is 0 Å². The summed E-state index contributed by atoms with van der Waals surface area (Å²) in [5.74, 6) is 0.708. The zero-order valence-corrected chi connectivity index (χ0v) is 10.8. The van der Waals surface area contributed by atoms with E-state index in [-0.39, 0.29) is 5.54 Å². The van der Waals surface area contributed by atoms with Gasteiger partial charge in [-0.2, -0.15) is 0 Å². The Hall–Kier alpha value is -0.430. The molecule has 82 valence electrons. The van der Waals surface area contributed by atoms with E-state index in [9.17, 15) is 0 Å². The van der Waals surface area contributed by atoms with Crippen molar-refractivity contribution in [2.24, 2.45) is 0 Å². The smallest absolute Gasteiger partial charge is 0.223 e. The number of hydrogen-bond acceptors (Lipinski definition) is 4. The maximum absolute atomic E-state index is 5.34. The molecule has 1 fully saturated rings. The molecule has 1 N–H and O–H groups in total. The minimum Gasteiger partial charge on any atom is -0.381 e. The number of nitrogens with zero attached hydrogens (tertiary/aromatic N) is 2. The Morgan fingerprint density at radius 3 is 2.53 bits per heavy atom. The van der Waals surface area contributed by atoms with Gasteiger partial charge in [-0.3, -0.25) is 0 Å². The fraction of sp³-hybridized carbons (Fsp3) is 0.600. The fourth-order valence-corrected chi connectivity index (χ4v) is 1.87. The highest BCUT2D eigenvalue weighted by Crippen LogP contribution is 2.23. The Morgan fingerprint density at radius 1 is 1.33 bits per heavy atom. The highest BCUT2D eigenvalue weighted by Gasteiger charge is 2.27. The van der Waals surface area contributed by atoms with Crippen molar-refractivity contribution in [1.82, 2.24) is 9.97 Å². The summed E-state index contributed by atoms with van der Waals surface area (Å²) in [4.78, 5) is 8.49. The fourth-order valence-electron chi connectivity index (χ4n) is 1.59. The molecule has 0 radical (unpaired) electrons. The Labute approximate surface area is 103 Å². The molecule has 0 aliphatic carbocycles. The third-order valence-electron chi connectivity index (χ3n) is 2.63. The molecule has 2 rings (SSSR count). The van der Waals surface area contributed by atoms with E-state index in [0.717, 1.165) is 29.6 Å². The second kappa shape index (κ2) is 4.61. The van der Waals surface area contributed by atoms with Crippen LogP contribution in [0.15, 0.2) is 12.4 Å². The lowest BCUT2D eigenvalue weighted by Gasteiger charge is -2.34. The molecule has 15 heavy (non-hydrogen) atoms. The molecule has 1 aliphatic rings. The van der Waals surface area contributed by atoms with E-state index in [2.05, 4.69) is 44.8 Å². The second-order valence-corrected chi connectivity index (χ2v) is 5.27. The standard InChI is InChI=1S/C10H14IN3O/c1-10(2-4-15-5-3-10)14-9-12-6-8(11)7-13-9/h6-7H,2-5H2,1H3,(H,12,13,14). The molecule has 0 aromatic carbocycles. The summed E-state index contributed by atoms with van der Waals surface area (Å²) in [6.45, 7) is 3.82. The van der Waals surface area contributed by atoms with Crippen LogP contribution in [0, 0.1) is 3.57 Å². The highest BCUT2D eigenvalue weighted by atomic mass is 127. The van der Waals surface area contributed by atoms with Crippen molar-refractivity contribution in [2.45, 2.75) is 25.3 Å². The van der Waals surface area contributed by atoms with Crippen LogP contribution in [0.3, 0.4) is 0 Å². The topological polar surface area (TPSA) is 47.0 Å². The lowest BCUT2D eigenvalue weighted by molar-refractivity contribution is 0.0656. The number of hydrogen-bond donors (Lipinski definition) is 1. The summed E-state index contributed by atoms with van der Waals surface area (Å²) < 4.78 is 6.39. The van der Waals surface area contributed by atoms with Gasteiger partial charge in [0.25, 0.3) is 0 Å². The monoisotopic (exact) mass is 319 g/mol. The second-order valence-electron chi connectivity index (χ2n) is 4.02. The first-order valence-electron chi connectivity index (χ1n) is 5.01. The molecule has 0 bridgehead atoms.